The van der Waals surface area contributed by atoms with Crippen LogP contribution in [0.3, 0.4) is 0 Å². The Bertz CT molecular complexity index is 346. The molecular weight excluding hydrogens is 188 g/mol. The van der Waals surface area contributed by atoms with E-state index in [9.17, 15) is 9.59 Å². The van der Waals surface area contributed by atoms with Crippen LogP contribution in [0.4, 0.5) is 0 Å². The number of aromatic nitrogens is 3. The molecule has 0 saturated carbocycles. The number of amides is 1. The number of carboxylic acids is 1. The van der Waals surface area contributed by atoms with Crippen LogP contribution in [0.2, 0.25) is 0 Å². The molecule has 0 aromatic carbocycles. The average molecular weight is 198 g/mol. The van der Waals surface area contributed by atoms with Crippen molar-refractivity contribution in [2.45, 2.75) is 13.5 Å². The van der Waals surface area contributed by atoms with Crippen molar-refractivity contribution < 1.29 is 14.7 Å². The van der Waals surface area contributed by atoms with Crippen LogP contribution in [0, 0.1) is 0 Å². The number of carbonyl (C=O) groups excluding carboxylic acids is 1. The van der Waals surface area contributed by atoms with E-state index in [4.69, 9.17) is 5.11 Å². The van der Waals surface area contributed by atoms with Crippen LogP contribution >= 0.6 is 0 Å². The highest BCUT2D eigenvalue weighted by molar-refractivity contribution is 5.91. The SMILES string of the molecule is CCNC(=O)c1cn(CC(=O)O)nn1. The van der Waals surface area contributed by atoms with Crippen LogP contribution in [0.5, 0.6) is 0 Å². The van der Waals surface area contributed by atoms with Crippen molar-refractivity contribution >= 4 is 11.9 Å². The molecule has 0 atom stereocenters. The van der Waals surface area contributed by atoms with Gasteiger partial charge < -0.3 is 10.4 Å². The second-order valence-electron chi connectivity index (χ2n) is 2.55. The van der Waals surface area contributed by atoms with Gasteiger partial charge in [0, 0.05) is 6.54 Å². The summed E-state index contributed by atoms with van der Waals surface area (Å²) in [5, 5.41) is 18.0. The minimum atomic E-state index is -1.03. The molecule has 2 N–H and O–H groups in total. The molecule has 0 aliphatic heterocycles. The maximum absolute atomic E-state index is 11.2. The van der Waals surface area contributed by atoms with Crippen molar-refractivity contribution in [2.24, 2.45) is 0 Å². The first-order valence-electron chi connectivity index (χ1n) is 4.03. The van der Waals surface area contributed by atoms with Gasteiger partial charge in [0.05, 0.1) is 6.20 Å². The number of carboxylic acid groups (broad SMARTS) is 1. The summed E-state index contributed by atoms with van der Waals surface area (Å²) in [5.41, 5.74) is 0.119. The van der Waals surface area contributed by atoms with Gasteiger partial charge in [-0.15, -0.1) is 5.10 Å². The largest absolute Gasteiger partial charge is 0.480 e. The maximum Gasteiger partial charge on any atom is 0.325 e. The fourth-order valence-corrected chi connectivity index (χ4v) is 0.869. The first-order chi connectivity index (χ1) is 6.63. The van der Waals surface area contributed by atoms with Crippen LogP contribution in [0.25, 0.3) is 0 Å². The van der Waals surface area contributed by atoms with E-state index < -0.39 is 5.97 Å². The lowest BCUT2D eigenvalue weighted by Crippen LogP contribution is -2.23. The monoisotopic (exact) mass is 198 g/mol. The zero-order chi connectivity index (χ0) is 10.6. The first kappa shape index (κ1) is 10.2. The van der Waals surface area contributed by atoms with Gasteiger partial charge in [-0.05, 0) is 6.92 Å². The third kappa shape index (κ3) is 2.54. The Kier molecular flexibility index (Phi) is 3.16. The van der Waals surface area contributed by atoms with E-state index in [0.717, 1.165) is 4.68 Å². The number of rotatable bonds is 4. The number of aliphatic carboxylic acids is 1. The number of hydrogen-bond acceptors (Lipinski definition) is 4. The van der Waals surface area contributed by atoms with Gasteiger partial charge in [-0.25, -0.2) is 4.68 Å². The number of hydrogen-bond donors (Lipinski definition) is 2. The second kappa shape index (κ2) is 4.35. The average Bonchev–Trinajstić information content (AvgIpc) is 2.52. The van der Waals surface area contributed by atoms with Crippen molar-refractivity contribution in [3.05, 3.63) is 11.9 Å². The molecule has 1 rings (SSSR count). The van der Waals surface area contributed by atoms with Gasteiger partial charge in [0.2, 0.25) is 0 Å². The summed E-state index contributed by atoms with van der Waals surface area (Å²) in [7, 11) is 0. The molecule has 0 saturated heterocycles. The quantitative estimate of drug-likeness (QED) is 0.654. The molecule has 1 aromatic rings. The van der Waals surface area contributed by atoms with E-state index in [1.165, 1.54) is 6.20 Å². The van der Waals surface area contributed by atoms with Crippen LogP contribution < -0.4 is 5.32 Å². The zero-order valence-corrected chi connectivity index (χ0v) is 7.60. The first-order valence-corrected chi connectivity index (χ1v) is 4.03. The molecule has 0 bridgehead atoms. The van der Waals surface area contributed by atoms with E-state index in [1.54, 1.807) is 6.92 Å². The summed E-state index contributed by atoms with van der Waals surface area (Å²) in [6, 6.07) is 0. The molecule has 1 aromatic heterocycles. The Labute approximate surface area is 79.7 Å². The Hall–Kier alpha value is -1.92. The molecule has 0 aliphatic rings. The Morgan fingerprint density at radius 3 is 2.93 bits per heavy atom. The Morgan fingerprint density at radius 2 is 2.36 bits per heavy atom. The summed E-state index contributed by atoms with van der Waals surface area (Å²) in [6.07, 6.45) is 1.29. The Morgan fingerprint density at radius 1 is 1.64 bits per heavy atom. The van der Waals surface area contributed by atoms with Crippen LogP contribution in [-0.2, 0) is 11.3 Å². The summed E-state index contributed by atoms with van der Waals surface area (Å²) < 4.78 is 1.09. The highest BCUT2D eigenvalue weighted by Gasteiger charge is 2.10. The predicted molar refractivity (Wildman–Crippen MR) is 45.7 cm³/mol. The predicted octanol–water partition coefficient (Wildman–Crippen LogP) is -0.888. The van der Waals surface area contributed by atoms with Crippen LogP contribution in [-0.4, -0.2) is 38.5 Å². The molecule has 7 heteroatoms. The molecule has 1 amide bonds. The van der Waals surface area contributed by atoms with Crippen molar-refractivity contribution in [2.75, 3.05) is 6.54 Å². The summed E-state index contributed by atoms with van der Waals surface area (Å²) >= 11 is 0. The van der Waals surface area contributed by atoms with Gasteiger partial charge in [-0.1, -0.05) is 5.21 Å². The van der Waals surface area contributed by atoms with Crippen LogP contribution in [0.1, 0.15) is 17.4 Å². The summed E-state index contributed by atoms with van der Waals surface area (Å²) in [6.45, 7) is 1.97. The molecule has 0 unspecified atom stereocenters. The molecule has 0 aliphatic carbocycles. The number of nitrogens with one attached hydrogen (secondary N) is 1. The lowest BCUT2D eigenvalue weighted by atomic mass is 10.4. The molecule has 0 radical (unpaired) electrons. The maximum atomic E-state index is 11.2. The lowest BCUT2D eigenvalue weighted by Gasteiger charge is -1.95. The van der Waals surface area contributed by atoms with Gasteiger partial charge >= 0.3 is 5.97 Å². The Balaban J connectivity index is 2.67. The smallest absolute Gasteiger partial charge is 0.325 e. The topological polar surface area (TPSA) is 97.1 Å². The molecule has 0 fully saturated rings. The van der Waals surface area contributed by atoms with Gasteiger partial charge in [-0.3, -0.25) is 9.59 Å². The highest BCUT2D eigenvalue weighted by atomic mass is 16.4. The normalized spacial score (nSPS) is 9.79. The second-order valence-corrected chi connectivity index (χ2v) is 2.55. The minimum Gasteiger partial charge on any atom is -0.480 e. The zero-order valence-electron chi connectivity index (χ0n) is 7.60. The molecule has 76 valence electrons. The molecular formula is C7H10N4O3. The molecule has 1 heterocycles. The number of carbonyl (C=O) groups is 2. The number of nitrogens with zero attached hydrogens (tertiary/aromatic N) is 3. The molecule has 0 spiro atoms. The van der Waals surface area contributed by atoms with E-state index in [0.29, 0.717) is 6.54 Å². The van der Waals surface area contributed by atoms with Crippen molar-refractivity contribution in [3.8, 4) is 0 Å². The highest BCUT2D eigenvalue weighted by Crippen LogP contribution is 1.92. The van der Waals surface area contributed by atoms with Crippen LogP contribution in [0.15, 0.2) is 6.20 Å². The van der Waals surface area contributed by atoms with E-state index in [-0.39, 0.29) is 18.1 Å². The summed E-state index contributed by atoms with van der Waals surface area (Å²) in [4.78, 5) is 21.5. The molecule has 14 heavy (non-hydrogen) atoms. The van der Waals surface area contributed by atoms with Gasteiger partial charge in [-0.2, -0.15) is 0 Å². The van der Waals surface area contributed by atoms with Gasteiger partial charge in [0.15, 0.2) is 5.69 Å². The fraction of sp³-hybridized carbons (Fsp3) is 0.429. The lowest BCUT2D eigenvalue weighted by molar-refractivity contribution is -0.137. The summed E-state index contributed by atoms with van der Waals surface area (Å²) in [5.74, 6) is -1.39. The third-order valence-electron chi connectivity index (χ3n) is 1.41. The molecule has 7 nitrogen and oxygen atoms in total. The van der Waals surface area contributed by atoms with E-state index in [2.05, 4.69) is 15.6 Å². The van der Waals surface area contributed by atoms with Crippen molar-refractivity contribution in [1.82, 2.24) is 20.3 Å². The van der Waals surface area contributed by atoms with E-state index >= 15 is 0 Å². The van der Waals surface area contributed by atoms with Crippen molar-refractivity contribution in [3.63, 3.8) is 0 Å². The minimum absolute atomic E-state index is 0.119. The van der Waals surface area contributed by atoms with Gasteiger partial charge in [0.25, 0.3) is 5.91 Å². The van der Waals surface area contributed by atoms with Gasteiger partial charge in [0.1, 0.15) is 6.54 Å². The standard InChI is InChI=1S/C7H10N4O3/c1-2-8-7(14)5-3-11(10-9-5)4-6(12)13/h3H,2,4H2,1H3,(H,8,14)(H,12,13). The van der Waals surface area contributed by atoms with Crippen molar-refractivity contribution in [1.29, 1.82) is 0 Å². The third-order valence-corrected chi connectivity index (χ3v) is 1.41. The fourth-order valence-electron chi connectivity index (χ4n) is 0.869. The van der Waals surface area contributed by atoms with E-state index in [1.807, 2.05) is 0 Å².